The summed E-state index contributed by atoms with van der Waals surface area (Å²) in [5, 5.41) is 9.59. The number of hydrogen-bond acceptors (Lipinski definition) is 3. The fourth-order valence-corrected chi connectivity index (χ4v) is 2.65. The van der Waals surface area contributed by atoms with Gasteiger partial charge in [0.1, 0.15) is 11.9 Å². The third-order valence-electron chi connectivity index (χ3n) is 3.63. The Bertz CT molecular complexity index is 475. The van der Waals surface area contributed by atoms with E-state index in [0.717, 1.165) is 12.8 Å². The van der Waals surface area contributed by atoms with Crippen molar-refractivity contribution in [2.75, 3.05) is 0 Å². The van der Waals surface area contributed by atoms with Gasteiger partial charge in [-0.25, -0.2) is 9.38 Å². The number of aliphatic hydroxyl groups excluding tert-OH is 1. The van der Waals surface area contributed by atoms with Crippen molar-refractivity contribution in [2.45, 2.75) is 43.9 Å². The predicted molar refractivity (Wildman–Crippen MR) is 66.1 cm³/mol. The second-order valence-electron chi connectivity index (χ2n) is 4.98. The Hall–Kier alpha value is -1.42. The summed E-state index contributed by atoms with van der Waals surface area (Å²) in [5.41, 5.74) is 0.607. The highest BCUT2D eigenvalue weighted by molar-refractivity contribution is 5.80. The van der Waals surface area contributed by atoms with Gasteiger partial charge in [-0.15, -0.1) is 0 Å². The molecule has 1 N–H and O–H groups in total. The van der Waals surface area contributed by atoms with Crippen molar-refractivity contribution in [3.63, 3.8) is 0 Å². The summed E-state index contributed by atoms with van der Waals surface area (Å²) in [7, 11) is 0. The molecule has 0 aromatic heterocycles. The first-order chi connectivity index (χ1) is 8.72. The Morgan fingerprint density at radius 2 is 2.17 bits per heavy atom. The van der Waals surface area contributed by atoms with E-state index < -0.39 is 0 Å². The molecule has 18 heavy (non-hydrogen) atoms. The van der Waals surface area contributed by atoms with Gasteiger partial charge in [0.2, 0.25) is 0 Å². The summed E-state index contributed by atoms with van der Waals surface area (Å²) < 4.78 is 19.2. The number of aliphatic hydroxyl groups is 1. The van der Waals surface area contributed by atoms with Gasteiger partial charge in [-0.05, 0) is 24.5 Å². The minimum atomic E-state index is -0.283. The zero-order valence-electron chi connectivity index (χ0n) is 10.1. The summed E-state index contributed by atoms with van der Waals surface area (Å²) in [5.74, 6) is 0.378. The Balaban J connectivity index is 1.70. The molecule has 0 bridgehead atoms. The Morgan fingerprint density at radius 1 is 1.33 bits per heavy atom. The lowest BCUT2D eigenvalue weighted by Gasteiger charge is -2.26. The second-order valence-corrected chi connectivity index (χ2v) is 4.98. The quantitative estimate of drug-likeness (QED) is 0.872. The number of aliphatic imine (C=N–C) groups is 1. The van der Waals surface area contributed by atoms with Crippen LogP contribution in [0.4, 0.5) is 4.39 Å². The Morgan fingerprint density at radius 3 is 3.00 bits per heavy atom. The highest BCUT2D eigenvalue weighted by atomic mass is 19.1. The molecule has 1 aliphatic carbocycles. The standard InChI is InChI=1S/C14H16FNO2/c15-11-4-2-1-3-9(11)7-14-16-12-6-5-10(17)8-13(12)18-14/h1-4,10,12-13,17H,5-8H2. The smallest absolute Gasteiger partial charge is 0.188 e. The van der Waals surface area contributed by atoms with E-state index in [1.54, 1.807) is 12.1 Å². The zero-order valence-corrected chi connectivity index (χ0v) is 10.1. The SMILES string of the molecule is OC1CCC2N=C(Cc3ccccc3F)OC2C1. The van der Waals surface area contributed by atoms with Crippen molar-refractivity contribution in [2.24, 2.45) is 4.99 Å². The second kappa shape index (κ2) is 4.69. The van der Waals surface area contributed by atoms with Gasteiger partial charge in [-0.1, -0.05) is 18.2 Å². The molecule has 3 unspecified atom stereocenters. The molecular formula is C14H16FNO2. The van der Waals surface area contributed by atoms with Gasteiger partial charge in [0, 0.05) is 6.42 Å². The maximum Gasteiger partial charge on any atom is 0.188 e. The molecule has 3 nitrogen and oxygen atoms in total. The zero-order chi connectivity index (χ0) is 12.5. The molecule has 0 spiro atoms. The molecule has 3 atom stereocenters. The lowest BCUT2D eigenvalue weighted by molar-refractivity contribution is 0.0497. The normalized spacial score (nSPS) is 30.6. The van der Waals surface area contributed by atoms with E-state index in [1.807, 2.05) is 6.07 Å². The van der Waals surface area contributed by atoms with Crippen molar-refractivity contribution >= 4 is 5.90 Å². The van der Waals surface area contributed by atoms with Crippen molar-refractivity contribution in [3.8, 4) is 0 Å². The molecule has 1 heterocycles. The monoisotopic (exact) mass is 249 g/mol. The van der Waals surface area contributed by atoms with Gasteiger partial charge < -0.3 is 9.84 Å². The predicted octanol–water partition coefficient (Wildman–Crippen LogP) is 2.08. The molecule has 1 aromatic carbocycles. The van der Waals surface area contributed by atoms with E-state index >= 15 is 0 Å². The van der Waals surface area contributed by atoms with Crippen LogP contribution in [0.2, 0.25) is 0 Å². The molecule has 0 saturated heterocycles. The highest BCUT2D eigenvalue weighted by Gasteiger charge is 2.36. The average Bonchev–Trinajstić information content (AvgIpc) is 2.73. The molecule has 96 valence electrons. The van der Waals surface area contributed by atoms with Crippen molar-refractivity contribution in [3.05, 3.63) is 35.6 Å². The van der Waals surface area contributed by atoms with Gasteiger partial charge in [0.05, 0.1) is 18.6 Å². The van der Waals surface area contributed by atoms with Gasteiger partial charge in [-0.3, -0.25) is 0 Å². The van der Waals surface area contributed by atoms with Crippen LogP contribution < -0.4 is 0 Å². The average molecular weight is 249 g/mol. The van der Waals surface area contributed by atoms with Crippen LogP contribution in [-0.2, 0) is 11.2 Å². The van der Waals surface area contributed by atoms with E-state index in [1.165, 1.54) is 6.07 Å². The molecule has 3 rings (SSSR count). The number of nitrogens with zero attached hydrogens (tertiary/aromatic N) is 1. The fourth-order valence-electron chi connectivity index (χ4n) is 2.65. The van der Waals surface area contributed by atoms with Crippen LogP contribution in [0.1, 0.15) is 24.8 Å². The summed E-state index contributed by atoms with van der Waals surface area (Å²) in [6.45, 7) is 0. The summed E-state index contributed by atoms with van der Waals surface area (Å²) in [6, 6.07) is 6.83. The summed E-state index contributed by atoms with van der Waals surface area (Å²) in [4.78, 5) is 4.50. The Kier molecular flexibility index (Phi) is 3.04. The molecule has 1 fully saturated rings. The third kappa shape index (κ3) is 2.25. The maximum absolute atomic E-state index is 13.5. The maximum atomic E-state index is 13.5. The van der Waals surface area contributed by atoms with Gasteiger partial charge >= 0.3 is 0 Å². The van der Waals surface area contributed by atoms with Gasteiger partial charge in [-0.2, -0.15) is 0 Å². The first-order valence-electron chi connectivity index (χ1n) is 6.37. The molecule has 4 heteroatoms. The van der Waals surface area contributed by atoms with Crippen LogP contribution in [-0.4, -0.2) is 29.3 Å². The lowest BCUT2D eigenvalue weighted by atomic mass is 9.91. The van der Waals surface area contributed by atoms with E-state index in [2.05, 4.69) is 4.99 Å². The molecule has 1 aromatic rings. The number of fused-ring (bicyclic) bond motifs is 1. The van der Waals surface area contributed by atoms with E-state index in [0.29, 0.717) is 24.3 Å². The fraction of sp³-hybridized carbons (Fsp3) is 0.500. The van der Waals surface area contributed by atoms with E-state index in [9.17, 15) is 9.50 Å². The number of halogens is 1. The number of ether oxygens (including phenoxy) is 1. The lowest BCUT2D eigenvalue weighted by Crippen LogP contribution is -2.33. The molecular weight excluding hydrogens is 233 g/mol. The first kappa shape index (κ1) is 11.7. The molecule has 0 radical (unpaired) electrons. The van der Waals surface area contributed by atoms with E-state index in [-0.39, 0.29) is 24.1 Å². The number of rotatable bonds is 2. The van der Waals surface area contributed by atoms with Gasteiger partial charge in [0.15, 0.2) is 5.90 Å². The Labute approximate surface area is 105 Å². The number of hydrogen-bond donors (Lipinski definition) is 1. The van der Waals surface area contributed by atoms with Crippen LogP contribution in [0.5, 0.6) is 0 Å². The van der Waals surface area contributed by atoms with E-state index in [4.69, 9.17) is 4.74 Å². The highest BCUT2D eigenvalue weighted by Crippen LogP contribution is 2.29. The van der Waals surface area contributed by atoms with Crippen LogP contribution in [0.3, 0.4) is 0 Å². The molecule has 0 amide bonds. The number of benzene rings is 1. The third-order valence-corrected chi connectivity index (χ3v) is 3.63. The van der Waals surface area contributed by atoms with Crippen molar-refractivity contribution in [1.29, 1.82) is 0 Å². The largest absolute Gasteiger partial charge is 0.475 e. The summed E-state index contributed by atoms with van der Waals surface area (Å²) >= 11 is 0. The van der Waals surface area contributed by atoms with Gasteiger partial charge in [0.25, 0.3) is 0 Å². The van der Waals surface area contributed by atoms with Crippen LogP contribution in [0.25, 0.3) is 0 Å². The first-order valence-corrected chi connectivity index (χ1v) is 6.37. The minimum Gasteiger partial charge on any atom is -0.475 e. The van der Waals surface area contributed by atoms with Crippen molar-refractivity contribution in [1.82, 2.24) is 0 Å². The van der Waals surface area contributed by atoms with Crippen LogP contribution >= 0.6 is 0 Å². The topological polar surface area (TPSA) is 41.8 Å². The molecule has 1 saturated carbocycles. The van der Waals surface area contributed by atoms with Crippen LogP contribution in [0.15, 0.2) is 29.3 Å². The molecule has 2 aliphatic rings. The molecule has 1 aliphatic heterocycles. The van der Waals surface area contributed by atoms with Crippen molar-refractivity contribution < 1.29 is 14.2 Å². The van der Waals surface area contributed by atoms with Crippen LogP contribution in [0, 0.1) is 5.82 Å². The summed E-state index contributed by atoms with van der Waals surface area (Å²) in [6.07, 6.45) is 2.36. The minimum absolute atomic E-state index is 0.0180.